The molecule has 0 aliphatic carbocycles. The first kappa shape index (κ1) is 15.9. The summed E-state index contributed by atoms with van der Waals surface area (Å²) in [5, 5.41) is 12.1. The van der Waals surface area contributed by atoms with Crippen LogP contribution in [0, 0.1) is 13.8 Å². The Morgan fingerprint density at radius 3 is 2.84 bits per heavy atom. The van der Waals surface area contributed by atoms with Crippen LogP contribution in [0.1, 0.15) is 22.6 Å². The summed E-state index contributed by atoms with van der Waals surface area (Å²) in [4.78, 5) is 2.34. The van der Waals surface area contributed by atoms with E-state index in [1.165, 1.54) is 5.56 Å². The summed E-state index contributed by atoms with van der Waals surface area (Å²) in [6.07, 6.45) is 5.08. The van der Waals surface area contributed by atoms with E-state index in [1.807, 2.05) is 24.7 Å². The fourth-order valence-corrected chi connectivity index (χ4v) is 3.36. The molecular weight excluding hydrogens is 314 g/mol. The van der Waals surface area contributed by atoms with Crippen LogP contribution < -0.4 is 10.2 Å². The Kier molecular flexibility index (Phi) is 4.28. The van der Waals surface area contributed by atoms with Gasteiger partial charge in [0.05, 0.1) is 30.8 Å². The van der Waals surface area contributed by atoms with Gasteiger partial charge in [0.2, 0.25) is 0 Å². The molecule has 3 heterocycles. The van der Waals surface area contributed by atoms with Crippen molar-refractivity contribution in [1.29, 1.82) is 0 Å². The summed E-state index contributed by atoms with van der Waals surface area (Å²) >= 11 is 0. The molecule has 3 aromatic rings. The molecule has 1 aliphatic rings. The van der Waals surface area contributed by atoms with Crippen molar-refractivity contribution in [2.45, 2.75) is 32.9 Å². The molecule has 1 fully saturated rings. The van der Waals surface area contributed by atoms with E-state index in [-0.39, 0.29) is 0 Å². The van der Waals surface area contributed by atoms with Crippen LogP contribution in [0.2, 0.25) is 0 Å². The van der Waals surface area contributed by atoms with Crippen LogP contribution in [-0.2, 0) is 13.0 Å². The van der Waals surface area contributed by atoms with E-state index >= 15 is 0 Å². The lowest BCUT2D eigenvalue weighted by atomic mass is 10.1. The highest BCUT2D eigenvalue weighted by Crippen LogP contribution is 2.19. The van der Waals surface area contributed by atoms with Crippen molar-refractivity contribution in [2.75, 3.05) is 18.1 Å². The Balaban J connectivity index is 1.39. The first-order valence-corrected chi connectivity index (χ1v) is 8.65. The highest BCUT2D eigenvalue weighted by atomic mass is 16.5. The average Bonchev–Trinajstić information content (AvgIpc) is 3.33. The zero-order chi connectivity index (χ0) is 17.2. The van der Waals surface area contributed by atoms with E-state index in [1.54, 1.807) is 0 Å². The Labute approximate surface area is 147 Å². The third-order valence-electron chi connectivity index (χ3n) is 4.82. The molecule has 0 bridgehead atoms. The van der Waals surface area contributed by atoms with Gasteiger partial charge in [-0.3, -0.25) is 10.00 Å². The molecule has 130 valence electrons. The lowest BCUT2D eigenvalue weighted by molar-refractivity contribution is 0.391. The molecular formula is C19H23N5O. The van der Waals surface area contributed by atoms with Gasteiger partial charge in [-0.25, -0.2) is 0 Å². The SMILES string of the molecule is Cc1noc(C)c1Cn1cc(N2CNC(Cc3ccccc3)C2)cn1. The van der Waals surface area contributed by atoms with E-state index in [2.05, 4.69) is 57.0 Å². The second-order valence-corrected chi connectivity index (χ2v) is 6.67. The van der Waals surface area contributed by atoms with Crippen LogP contribution in [0.25, 0.3) is 0 Å². The fourth-order valence-electron chi connectivity index (χ4n) is 3.36. The molecule has 6 nitrogen and oxygen atoms in total. The Bertz CT molecular complexity index is 819. The van der Waals surface area contributed by atoms with E-state index in [0.29, 0.717) is 12.6 Å². The molecule has 4 rings (SSSR count). The van der Waals surface area contributed by atoms with E-state index in [0.717, 1.165) is 42.3 Å². The van der Waals surface area contributed by atoms with Gasteiger partial charge in [-0.05, 0) is 25.8 Å². The summed E-state index contributed by atoms with van der Waals surface area (Å²) in [5.41, 5.74) is 4.56. The number of hydrogen-bond acceptors (Lipinski definition) is 5. The smallest absolute Gasteiger partial charge is 0.138 e. The third kappa shape index (κ3) is 3.44. The molecule has 1 unspecified atom stereocenters. The molecule has 2 aromatic heterocycles. The van der Waals surface area contributed by atoms with E-state index in [4.69, 9.17) is 4.52 Å². The van der Waals surface area contributed by atoms with Gasteiger partial charge in [0.25, 0.3) is 0 Å². The minimum atomic E-state index is 0.466. The van der Waals surface area contributed by atoms with Gasteiger partial charge in [0.1, 0.15) is 5.76 Å². The van der Waals surface area contributed by atoms with Crippen molar-refractivity contribution in [3.63, 3.8) is 0 Å². The van der Waals surface area contributed by atoms with Crippen molar-refractivity contribution >= 4 is 5.69 Å². The Morgan fingerprint density at radius 1 is 1.24 bits per heavy atom. The lowest BCUT2D eigenvalue weighted by Crippen LogP contribution is -2.25. The van der Waals surface area contributed by atoms with E-state index in [9.17, 15) is 0 Å². The summed E-state index contributed by atoms with van der Waals surface area (Å²) in [6.45, 7) is 6.45. The quantitative estimate of drug-likeness (QED) is 0.775. The number of anilines is 1. The maximum atomic E-state index is 5.23. The molecule has 0 amide bonds. The first-order valence-electron chi connectivity index (χ1n) is 8.65. The maximum Gasteiger partial charge on any atom is 0.138 e. The number of nitrogens with one attached hydrogen (secondary N) is 1. The fraction of sp³-hybridized carbons (Fsp3) is 0.368. The van der Waals surface area contributed by atoms with Gasteiger partial charge in [-0.1, -0.05) is 35.5 Å². The van der Waals surface area contributed by atoms with Gasteiger partial charge in [0, 0.05) is 24.3 Å². The van der Waals surface area contributed by atoms with Gasteiger partial charge < -0.3 is 9.42 Å². The standard InChI is InChI=1S/C19H23N5O/c1-14-19(15(2)25-22-14)12-24-11-18(9-21-24)23-10-17(20-13-23)8-16-6-4-3-5-7-16/h3-7,9,11,17,20H,8,10,12-13H2,1-2H3. The Morgan fingerprint density at radius 2 is 2.08 bits per heavy atom. The number of benzene rings is 1. The largest absolute Gasteiger partial charge is 0.361 e. The predicted molar refractivity (Wildman–Crippen MR) is 96.6 cm³/mol. The highest BCUT2D eigenvalue weighted by molar-refractivity contribution is 5.44. The van der Waals surface area contributed by atoms with Gasteiger partial charge in [-0.2, -0.15) is 5.10 Å². The van der Waals surface area contributed by atoms with Gasteiger partial charge in [-0.15, -0.1) is 0 Å². The van der Waals surface area contributed by atoms with Crippen LogP contribution in [0.3, 0.4) is 0 Å². The van der Waals surface area contributed by atoms with Crippen molar-refractivity contribution in [3.05, 3.63) is 65.3 Å². The minimum absolute atomic E-state index is 0.466. The maximum absolute atomic E-state index is 5.23. The van der Waals surface area contributed by atoms with Crippen LogP contribution in [0.15, 0.2) is 47.2 Å². The zero-order valence-electron chi connectivity index (χ0n) is 14.6. The van der Waals surface area contributed by atoms with Crippen molar-refractivity contribution < 1.29 is 4.52 Å². The predicted octanol–water partition coefficient (Wildman–Crippen LogP) is 2.51. The van der Waals surface area contributed by atoms with Crippen LogP contribution in [-0.4, -0.2) is 34.2 Å². The molecule has 1 aromatic carbocycles. The second-order valence-electron chi connectivity index (χ2n) is 6.67. The molecule has 1 atom stereocenters. The number of aromatic nitrogens is 3. The summed E-state index contributed by atoms with van der Waals surface area (Å²) in [5.74, 6) is 0.861. The van der Waals surface area contributed by atoms with Crippen LogP contribution >= 0.6 is 0 Å². The van der Waals surface area contributed by atoms with Crippen molar-refractivity contribution in [3.8, 4) is 0 Å². The number of nitrogens with zero attached hydrogens (tertiary/aromatic N) is 4. The number of hydrogen-bond donors (Lipinski definition) is 1. The lowest BCUT2D eigenvalue weighted by Gasteiger charge is -2.14. The zero-order valence-corrected chi connectivity index (χ0v) is 14.6. The summed E-state index contributed by atoms with van der Waals surface area (Å²) in [6, 6.07) is 11.1. The molecule has 1 N–H and O–H groups in total. The minimum Gasteiger partial charge on any atom is -0.361 e. The highest BCUT2D eigenvalue weighted by Gasteiger charge is 2.23. The summed E-state index contributed by atoms with van der Waals surface area (Å²) < 4.78 is 7.18. The second kappa shape index (κ2) is 6.72. The molecule has 0 spiro atoms. The Hall–Kier alpha value is -2.60. The van der Waals surface area contributed by atoms with Gasteiger partial charge in [0.15, 0.2) is 0 Å². The molecule has 25 heavy (non-hydrogen) atoms. The van der Waals surface area contributed by atoms with Crippen LogP contribution in [0.4, 0.5) is 5.69 Å². The molecule has 6 heteroatoms. The molecule has 1 saturated heterocycles. The molecule has 1 aliphatic heterocycles. The molecule has 0 saturated carbocycles. The number of rotatable bonds is 5. The number of aryl methyl sites for hydroxylation is 2. The molecule has 0 radical (unpaired) electrons. The average molecular weight is 337 g/mol. The normalized spacial score (nSPS) is 17.4. The first-order chi connectivity index (χ1) is 12.2. The van der Waals surface area contributed by atoms with E-state index < -0.39 is 0 Å². The van der Waals surface area contributed by atoms with Crippen LogP contribution in [0.5, 0.6) is 0 Å². The monoisotopic (exact) mass is 337 g/mol. The third-order valence-corrected chi connectivity index (χ3v) is 4.82. The van der Waals surface area contributed by atoms with Crippen molar-refractivity contribution in [1.82, 2.24) is 20.3 Å². The summed E-state index contributed by atoms with van der Waals surface area (Å²) in [7, 11) is 0. The topological polar surface area (TPSA) is 59.1 Å². The van der Waals surface area contributed by atoms with Gasteiger partial charge >= 0.3 is 0 Å². The van der Waals surface area contributed by atoms with Crippen molar-refractivity contribution in [2.24, 2.45) is 0 Å².